The first kappa shape index (κ1) is 33.5. The third kappa shape index (κ3) is 8.28. The zero-order valence-corrected chi connectivity index (χ0v) is 27.0. The quantitative estimate of drug-likeness (QED) is 0.271. The van der Waals surface area contributed by atoms with Crippen molar-refractivity contribution >= 4 is 27.5 Å². The average molecular weight is 610 g/mol. The van der Waals surface area contributed by atoms with Gasteiger partial charge in [-0.25, -0.2) is 8.42 Å². The molecule has 3 aromatic carbocycles. The van der Waals surface area contributed by atoms with E-state index in [1.807, 2.05) is 65.0 Å². The number of rotatable bonds is 14. The maximum absolute atomic E-state index is 14.3. The highest BCUT2D eigenvalue weighted by Crippen LogP contribution is 2.33. The average Bonchev–Trinajstić information content (AvgIpc) is 2.97. The van der Waals surface area contributed by atoms with Crippen LogP contribution in [0.4, 0.5) is 5.69 Å². The summed E-state index contributed by atoms with van der Waals surface area (Å²) in [6.45, 7) is 9.61. The van der Waals surface area contributed by atoms with Crippen LogP contribution in [0.5, 0.6) is 11.5 Å². The SMILES string of the molecule is CCCNC(=O)[C@H](CC)N(Cc1cccc(C)c1)C(=O)CN(c1cc(C)cc(C)c1)S(=O)(=O)c1ccc(OC)c(OC)c1. The number of nitrogens with one attached hydrogen (secondary N) is 1. The Hall–Kier alpha value is -4.05. The summed E-state index contributed by atoms with van der Waals surface area (Å²) in [6, 6.07) is 16.6. The van der Waals surface area contributed by atoms with Gasteiger partial charge in [-0.05, 0) is 74.6 Å². The molecule has 0 unspecified atom stereocenters. The molecule has 0 aliphatic rings. The molecule has 0 radical (unpaired) electrons. The van der Waals surface area contributed by atoms with Gasteiger partial charge in [0, 0.05) is 19.2 Å². The van der Waals surface area contributed by atoms with Gasteiger partial charge in [-0.15, -0.1) is 0 Å². The van der Waals surface area contributed by atoms with Crippen LogP contribution in [0.2, 0.25) is 0 Å². The Balaban J connectivity index is 2.13. The predicted octanol–water partition coefficient (Wildman–Crippen LogP) is 5.16. The summed E-state index contributed by atoms with van der Waals surface area (Å²) in [5.74, 6) is -0.145. The minimum atomic E-state index is -4.27. The topological polar surface area (TPSA) is 105 Å². The van der Waals surface area contributed by atoms with Crippen molar-refractivity contribution in [2.45, 2.75) is 64.9 Å². The van der Waals surface area contributed by atoms with E-state index in [0.29, 0.717) is 24.4 Å². The number of amides is 2. The van der Waals surface area contributed by atoms with Crippen molar-refractivity contribution < 1.29 is 27.5 Å². The van der Waals surface area contributed by atoms with E-state index in [0.717, 1.165) is 33.0 Å². The van der Waals surface area contributed by atoms with E-state index in [9.17, 15) is 18.0 Å². The van der Waals surface area contributed by atoms with Gasteiger partial charge in [-0.2, -0.15) is 0 Å². The number of methoxy groups -OCH3 is 2. The smallest absolute Gasteiger partial charge is 0.264 e. The molecule has 3 aromatic rings. The van der Waals surface area contributed by atoms with Gasteiger partial charge in [0.25, 0.3) is 10.0 Å². The van der Waals surface area contributed by atoms with Crippen molar-refractivity contribution in [2.75, 3.05) is 31.6 Å². The Morgan fingerprint density at radius 1 is 0.860 bits per heavy atom. The van der Waals surface area contributed by atoms with Crippen molar-refractivity contribution in [1.29, 1.82) is 0 Å². The number of carbonyl (C=O) groups excluding carboxylic acids is 2. The van der Waals surface area contributed by atoms with Gasteiger partial charge in [0.05, 0.1) is 24.8 Å². The fraction of sp³-hybridized carbons (Fsp3) is 0.394. The Bertz CT molecular complexity index is 1520. The van der Waals surface area contributed by atoms with Crippen LogP contribution in [0.15, 0.2) is 65.6 Å². The molecule has 0 heterocycles. The zero-order chi connectivity index (χ0) is 31.7. The Labute approximate surface area is 255 Å². The van der Waals surface area contributed by atoms with E-state index in [2.05, 4.69) is 5.32 Å². The van der Waals surface area contributed by atoms with Gasteiger partial charge in [0.1, 0.15) is 12.6 Å². The second-order valence-electron chi connectivity index (χ2n) is 10.6. The second-order valence-corrected chi connectivity index (χ2v) is 12.5. The molecule has 0 aromatic heterocycles. The first-order chi connectivity index (χ1) is 20.4. The van der Waals surface area contributed by atoms with Crippen LogP contribution in [0, 0.1) is 20.8 Å². The summed E-state index contributed by atoms with van der Waals surface area (Å²) in [5.41, 5.74) is 3.89. The molecule has 10 heteroatoms. The molecule has 0 fully saturated rings. The molecule has 2 amide bonds. The summed E-state index contributed by atoms with van der Waals surface area (Å²) in [6.07, 6.45) is 1.11. The maximum Gasteiger partial charge on any atom is 0.264 e. The standard InChI is InChI=1S/C33H43N3O6S/c1-8-15-34-33(38)29(9-2)35(21-26-12-10-11-23(3)17-26)32(37)22-36(27-18-24(4)16-25(5)19-27)43(39,40)28-13-14-30(41-6)31(20-28)42-7/h10-14,16-20,29H,8-9,15,21-22H2,1-7H3,(H,34,38)/t29-/m0/s1. The number of hydrogen-bond donors (Lipinski definition) is 1. The van der Waals surface area contributed by atoms with Crippen LogP contribution in [0.3, 0.4) is 0 Å². The molecule has 0 aliphatic heterocycles. The number of carbonyl (C=O) groups is 2. The Morgan fingerprint density at radius 2 is 1.53 bits per heavy atom. The number of benzene rings is 3. The summed E-state index contributed by atoms with van der Waals surface area (Å²) >= 11 is 0. The number of sulfonamides is 1. The second kappa shape index (κ2) is 14.9. The molecule has 0 bridgehead atoms. The third-order valence-electron chi connectivity index (χ3n) is 7.09. The lowest BCUT2D eigenvalue weighted by atomic mass is 10.1. The maximum atomic E-state index is 14.3. The molecule has 1 atom stereocenters. The highest BCUT2D eigenvalue weighted by Gasteiger charge is 2.34. The number of ether oxygens (including phenoxy) is 2. The van der Waals surface area contributed by atoms with E-state index in [1.54, 1.807) is 12.1 Å². The van der Waals surface area contributed by atoms with E-state index >= 15 is 0 Å². The van der Waals surface area contributed by atoms with Gasteiger partial charge >= 0.3 is 0 Å². The first-order valence-electron chi connectivity index (χ1n) is 14.4. The van der Waals surface area contributed by atoms with Gasteiger partial charge in [-0.3, -0.25) is 13.9 Å². The van der Waals surface area contributed by atoms with Gasteiger partial charge in [-0.1, -0.05) is 49.7 Å². The minimum Gasteiger partial charge on any atom is -0.493 e. The van der Waals surface area contributed by atoms with Crippen LogP contribution in [-0.4, -0.2) is 58.5 Å². The monoisotopic (exact) mass is 609 g/mol. The summed E-state index contributed by atoms with van der Waals surface area (Å²) < 4.78 is 40.3. The van der Waals surface area contributed by atoms with E-state index in [4.69, 9.17) is 9.47 Å². The number of nitrogens with zero attached hydrogens (tertiary/aromatic N) is 2. The lowest BCUT2D eigenvalue weighted by Gasteiger charge is -2.33. The van der Waals surface area contributed by atoms with Crippen molar-refractivity contribution in [3.05, 3.63) is 82.9 Å². The number of anilines is 1. The lowest BCUT2D eigenvalue weighted by molar-refractivity contribution is -0.140. The summed E-state index contributed by atoms with van der Waals surface area (Å²) in [5, 5.41) is 2.90. The third-order valence-corrected chi connectivity index (χ3v) is 8.86. The molecule has 0 spiro atoms. The van der Waals surface area contributed by atoms with Crippen molar-refractivity contribution in [3.63, 3.8) is 0 Å². The Morgan fingerprint density at radius 3 is 2.12 bits per heavy atom. The molecular weight excluding hydrogens is 566 g/mol. The van der Waals surface area contributed by atoms with Gasteiger partial charge in [0.15, 0.2) is 11.5 Å². The van der Waals surface area contributed by atoms with Gasteiger partial charge in [0.2, 0.25) is 11.8 Å². The number of hydrogen-bond acceptors (Lipinski definition) is 6. The van der Waals surface area contributed by atoms with Crippen molar-refractivity contribution in [2.24, 2.45) is 0 Å². The largest absolute Gasteiger partial charge is 0.493 e. The fourth-order valence-electron chi connectivity index (χ4n) is 5.02. The van der Waals surface area contributed by atoms with E-state index in [1.165, 1.54) is 37.3 Å². The Kier molecular flexibility index (Phi) is 11.6. The van der Waals surface area contributed by atoms with Crippen molar-refractivity contribution in [3.8, 4) is 11.5 Å². The molecule has 43 heavy (non-hydrogen) atoms. The fourth-order valence-corrected chi connectivity index (χ4v) is 6.43. The molecule has 0 saturated carbocycles. The molecule has 1 N–H and O–H groups in total. The lowest BCUT2D eigenvalue weighted by Crippen LogP contribution is -2.52. The molecule has 3 rings (SSSR count). The van der Waals surface area contributed by atoms with E-state index < -0.39 is 28.5 Å². The highest BCUT2D eigenvalue weighted by atomic mass is 32.2. The zero-order valence-electron chi connectivity index (χ0n) is 26.1. The molecule has 0 aliphatic carbocycles. The summed E-state index contributed by atoms with van der Waals surface area (Å²) in [7, 11) is -1.37. The predicted molar refractivity (Wildman–Crippen MR) is 169 cm³/mol. The highest BCUT2D eigenvalue weighted by molar-refractivity contribution is 7.92. The van der Waals surface area contributed by atoms with Crippen LogP contribution in [0.1, 0.15) is 48.9 Å². The molecule has 232 valence electrons. The van der Waals surface area contributed by atoms with Crippen molar-refractivity contribution in [1.82, 2.24) is 10.2 Å². The van der Waals surface area contributed by atoms with Crippen LogP contribution < -0.4 is 19.1 Å². The first-order valence-corrected chi connectivity index (χ1v) is 15.8. The molecule has 9 nitrogen and oxygen atoms in total. The van der Waals surface area contributed by atoms with E-state index in [-0.39, 0.29) is 23.1 Å². The minimum absolute atomic E-state index is 0.0601. The normalized spacial score (nSPS) is 11.9. The molecular formula is C33H43N3O6S. The van der Waals surface area contributed by atoms with Crippen LogP contribution >= 0.6 is 0 Å². The number of aryl methyl sites for hydroxylation is 3. The van der Waals surface area contributed by atoms with Crippen LogP contribution in [-0.2, 0) is 26.2 Å². The van der Waals surface area contributed by atoms with Crippen LogP contribution in [0.25, 0.3) is 0 Å². The molecule has 0 saturated heterocycles. The van der Waals surface area contributed by atoms with Gasteiger partial charge < -0.3 is 19.7 Å². The summed E-state index contributed by atoms with van der Waals surface area (Å²) in [4.78, 5) is 29.0.